The molecule has 0 aliphatic carbocycles. The number of hydrogen-bond donors (Lipinski definition) is 0. The minimum absolute atomic E-state index is 0.0465. The predicted octanol–water partition coefficient (Wildman–Crippen LogP) is 2.94. The van der Waals surface area contributed by atoms with Crippen molar-refractivity contribution in [2.75, 3.05) is 11.4 Å². The maximum atomic E-state index is 11.7. The van der Waals surface area contributed by atoms with Gasteiger partial charge < -0.3 is 4.90 Å². The van der Waals surface area contributed by atoms with E-state index in [1.165, 1.54) is 3.57 Å². The lowest BCUT2D eigenvalue weighted by molar-refractivity contribution is -0.117. The number of hydrogen-bond acceptors (Lipinski definition) is 1. The van der Waals surface area contributed by atoms with Crippen LogP contribution in [0.1, 0.15) is 12.0 Å². The molecule has 0 N–H and O–H groups in total. The molecule has 0 spiro atoms. The molecule has 1 saturated heterocycles. The zero-order valence-electron chi connectivity index (χ0n) is 8.34. The maximum absolute atomic E-state index is 11.7. The normalized spacial score (nSPS) is 21.1. The quantitative estimate of drug-likeness (QED) is 0.571. The third kappa shape index (κ3) is 2.13. The van der Waals surface area contributed by atoms with E-state index in [1.54, 1.807) is 4.90 Å². The van der Waals surface area contributed by atoms with Crippen LogP contribution in [0.4, 0.5) is 5.69 Å². The first-order valence-corrected chi connectivity index (χ1v) is 6.30. The number of nitrogens with zero attached hydrogens (tertiary/aromatic N) is 1. The summed E-state index contributed by atoms with van der Waals surface area (Å²) in [5.74, 6) is 0.125. The highest BCUT2D eigenvalue weighted by molar-refractivity contribution is 14.1. The van der Waals surface area contributed by atoms with Gasteiger partial charge >= 0.3 is 0 Å². The summed E-state index contributed by atoms with van der Waals surface area (Å²) < 4.78 is 1.18. The number of alkyl halides is 1. The number of benzene rings is 1. The lowest BCUT2D eigenvalue weighted by Gasteiger charge is -2.19. The van der Waals surface area contributed by atoms with Crippen LogP contribution < -0.4 is 4.90 Å². The van der Waals surface area contributed by atoms with Crippen molar-refractivity contribution in [2.45, 2.75) is 18.7 Å². The first-order chi connectivity index (χ1) is 7.09. The number of amides is 1. The fraction of sp³-hybridized carbons (Fsp3) is 0.364. The highest BCUT2D eigenvalue weighted by atomic mass is 127. The van der Waals surface area contributed by atoms with Gasteiger partial charge in [-0.05, 0) is 47.2 Å². The van der Waals surface area contributed by atoms with Crippen molar-refractivity contribution in [3.63, 3.8) is 0 Å². The topological polar surface area (TPSA) is 20.3 Å². The van der Waals surface area contributed by atoms with Gasteiger partial charge in [0.2, 0.25) is 5.91 Å². The average molecular weight is 336 g/mol. The Bertz CT molecular complexity index is 408. The monoisotopic (exact) mass is 335 g/mol. The fourth-order valence-electron chi connectivity index (χ4n) is 1.79. The van der Waals surface area contributed by atoms with E-state index in [1.807, 2.05) is 25.1 Å². The van der Waals surface area contributed by atoms with Crippen LogP contribution in [0, 0.1) is 10.5 Å². The molecule has 0 aromatic heterocycles. The van der Waals surface area contributed by atoms with Gasteiger partial charge in [-0.2, -0.15) is 0 Å². The van der Waals surface area contributed by atoms with E-state index in [2.05, 4.69) is 22.6 Å². The van der Waals surface area contributed by atoms with Crippen LogP contribution in [0.15, 0.2) is 18.2 Å². The fourth-order valence-corrected chi connectivity index (χ4v) is 2.54. The summed E-state index contributed by atoms with van der Waals surface area (Å²) in [6.45, 7) is 2.66. The molecule has 1 aliphatic heterocycles. The van der Waals surface area contributed by atoms with E-state index in [-0.39, 0.29) is 11.3 Å². The van der Waals surface area contributed by atoms with E-state index in [9.17, 15) is 4.79 Å². The van der Waals surface area contributed by atoms with Crippen LogP contribution in [-0.4, -0.2) is 17.8 Å². The molecule has 4 heteroatoms. The van der Waals surface area contributed by atoms with Crippen molar-refractivity contribution in [3.05, 3.63) is 27.3 Å². The van der Waals surface area contributed by atoms with Crippen molar-refractivity contribution in [1.82, 2.24) is 0 Å². The Morgan fingerprint density at radius 3 is 2.87 bits per heavy atom. The lowest BCUT2D eigenvalue weighted by atomic mass is 10.2. The summed E-state index contributed by atoms with van der Waals surface area (Å²) in [6.07, 6.45) is 0.451. The Labute approximate surface area is 108 Å². The first kappa shape index (κ1) is 11.2. The Balaban J connectivity index is 2.38. The molecule has 15 heavy (non-hydrogen) atoms. The molecule has 1 aliphatic rings. The van der Waals surface area contributed by atoms with E-state index in [0.29, 0.717) is 13.0 Å². The second-order valence-corrected chi connectivity index (χ2v) is 5.47. The number of carbonyl (C=O) groups is 1. The molecule has 2 rings (SSSR count). The van der Waals surface area contributed by atoms with E-state index >= 15 is 0 Å². The molecule has 0 saturated carbocycles. The van der Waals surface area contributed by atoms with E-state index < -0.39 is 0 Å². The number of anilines is 1. The van der Waals surface area contributed by atoms with Gasteiger partial charge in [-0.3, -0.25) is 4.79 Å². The second-order valence-electron chi connectivity index (χ2n) is 3.69. The zero-order valence-corrected chi connectivity index (χ0v) is 11.2. The van der Waals surface area contributed by atoms with Gasteiger partial charge in [0.05, 0.1) is 5.38 Å². The standard InChI is InChI=1S/C11H11ClINO/c1-7-9(13)3-2-4-10(7)14-6-8(12)5-11(14)15/h2-4,8H,5-6H2,1H3. The summed E-state index contributed by atoms with van der Waals surface area (Å²) >= 11 is 8.26. The molecule has 1 aromatic rings. The third-order valence-corrected chi connectivity index (χ3v) is 4.07. The van der Waals surface area contributed by atoms with Crippen LogP contribution in [0.2, 0.25) is 0 Å². The molecule has 1 amide bonds. The number of rotatable bonds is 1. The maximum Gasteiger partial charge on any atom is 0.228 e. The van der Waals surface area contributed by atoms with Gasteiger partial charge in [0.1, 0.15) is 0 Å². The van der Waals surface area contributed by atoms with Crippen molar-refractivity contribution in [1.29, 1.82) is 0 Å². The molecule has 1 fully saturated rings. The SMILES string of the molecule is Cc1c(I)cccc1N1CC(Cl)CC1=O. The predicted molar refractivity (Wildman–Crippen MR) is 70.5 cm³/mol. The largest absolute Gasteiger partial charge is 0.311 e. The molecule has 80 valence electrons. The van der Waals surface area contributed by atoms with Crippen molar-refractivity contribution < 1.29 is 4.79 Å². The molecule has 1 heterocycles. The summed E-state index contributed by atoms with van der Waals surface area (Å²) in [6, 6.07) is 5.99. The molecule has 1 aromatic carbocycles. The second kappa shape index (κ2) is 4.29. The first-order valence-electron chi connectivity index (χ1n) is 4.79. The molecular formula is C11H11ClINO. The molecule has 0 bridgehead atoms. The summed E-state index contributed by atoms with van der Waals surface area (Å²) in [7, 11) is 0. The smallest absolute Gasteiger partial charge is 0.228 e. The van der Waals surface area contributed by atoms with Gasteiger partial charge in [-0.25, -0.2) is 0 Å². The molecule has 1 unspecified atom stereocenters. The zero-order chi connectivity index (χ0) is 11.0. The summed E-state index contributed by atoms with van der Waals surface area (Å²) in [5.41, 5.74) is 2.15. The highest BCUT2D eigenvalue weighted by Gasteiger charge is 2.29. The third-order valence-electron chi connectivity index (χ3n) is 2.61. The molecule has 1 atom stereocenters. The number of halogens is 2. The van der Waals surface area contributed by atoms with Crippen LogP contribution in [-0.2, 0) is 4.79 Å². The van der Waals surface area contributed by atoms with Crippen molar-refractivity contribution in [2.24, 2.45) is 0 Å². The van der Waals surface area contributed by atoms with Gasteiger partial charge in [-0.15, -0.1) is 11.6 Å². The Kier molecular flexibility index (Phi) is 3.21. The van der Waals surface area contributed by atoms with Gasteiger partial charge in [0.25, 0.3) is 0 Å². The van der Waals surface area contributed by atoms with Crippen LogP contribution in [0.25, 0.3) is 0 Å². The minimum atomic E-state index is -0.0465. The minimum Gasteiger partial charge on any atom is -0.311 e. The number of carbonyl (C=O) groups excluding carboxylic acids is 1. The van der Waals surface area contributed by atoms with Crippen molar-refractivity contribution >= 4 is 45.8 Å². The molecule has 2 nitrogen and oxygen atoms in total. The van der Waals surface area contributed by atoms with E-state index in [4.69, 9.17) is 11.6 Å². The average Bonchev–Trinajstić information content (AvgIpc) is 2.50. The Morgan fingerprint density at radius 1 is 1.53 bits per heavy atom. The van der Waals surface area contributed by atoms with E-state index in [0.717, 1.165) is 11.3 Å². The molecular weight excluding hydrogens is 324 g/mol. The van der Waals surface area contributed by atoms with Gasteiger partial charge in [0, 0.05) is 22.2 Å². The highest BCUT2D eigenvalue weighted by Crippen LogP contribution is 2.29. The van der Waals surface area contributed by atoms with Gasteiger partial charge in [0.15, 0.2) is 0 Å². The van der Waals surface area contributed by atoms with Crippen LogP contribution in [0.5, 0.6) is 0 Å². The summed E-state index contributed by atoms with van der Waals surface area (Å²) in [4.78, 5) is 13.5. The van der Waals surface area contributed by atoms with Crippen LogP contribution >= 0.6 is 34.2 Å². The lowest BCUT2D eigenvalue weighted by Crippen LogP contribution is -2.25. The molecule has 0 radical (unpaired) electrons. The Morgan fingerprint density at radius 2 is 2.27 bits per heavy atom. The van der Waals surface area contributed by atoms with Crippen LogP contribution in [0.3, 0.4) is 0 Å². The van der Waals surface area contributed by atoms with Crippen molar-refractivity contribution in [3.8, 4) is 0 Å². The van der Waals surface area contributed by atoms with Gasteiger partial charge in [-0.1, -0.05) is 6.07 Å². The summed E-state index contributed by atoms with van der Waals surface area (Å²) in [5, 5.41) is -0.0465. The Hall–Kier alpha value is -0.290.